The molecule has 2 aromatic rings. The molecule has 3 N–H and O–H groups in total. The molecule has 3 rings (SSSR count). The van der Waals surface area contributed by atoms with Crippen molar-refractivity contribution in [1.29, 1.82) is 0 Å². The van der Waals surface area contributed by atoms with Crippen LogP contribution in [0.1, 0.15) is 24.8 Å². The van der Waals surface area contributed by atoms with Crippen LogP contribution in [0.3, 0.4) is 0 Å². The highest BCUT2D eigenvalue weighted by Crippen LogP contribution is 2.36. The van der Waals surface area contributed by atoms with Crippen LogP contribution < -0.4 is 5.73 Å². The molecule has 2 aromatic heterocycles. The zero-order chi connectivity index (χ0) is 10.3. The third-order valence-electron chi connectivity index (χ3n) is 3.17. The molecule has 0 amide bonds. The van der Waals surface area contributed by atoms with Crippen LogP contribution in [0.25, 0.3) is 11.2 Å². The Morgan fingerprint density at radius 1 is 1.33 bits per heavy atom. The van der Waals surface area contributed by atoms with Crippen molar-refractivity contribution in [3.63, 3.8) is 0 Å². The van der Waals surface area contributed by atoms with Gasteiger partial charge in [0.2, 0.25) is 0 Å². The van der Waals surface area contributed by atoms with Crippen molar-refractivity contribution in [3.8, 4) is 0 Å². The van der Waals surface area contributed by atoms with Gasteiger partial charge >= 0.3 is 0 Å². The standard InChI is InChI=1S/C11H14N4/c12-11(3-4-11)2-1-8-7-15-10-9(8)13-5-6-14-10/h5-7H,1-4,12H2,(H,14,15). The molecular formula is C11H14N4. The quantitative estimate of drug-likeness (QED) is 0.790. The Morgan fingerprint density at radius 2 is 2.13 bits per heavy atom. The van der Waals surface area contributed by atoms with Gasteiger partial charge in [-0.25, -0.2) is 4.98 Å². The molecule has 0 aliphatic heterocycles. The van der Waals surface area contributed by atoms with Crippen molar-refractivity contribution in [1.82, 2.24) is 15.0 Å². The number of aromatic nitrogens is 3. The largest absolute Gasteiger partial charge is 0.345 e. The summed E-state index contributed by atoms with van der Waals surface area (Å²) in [6.07, 6.45) is 9.81. The second-order valence-electron chi connectivity index (χ2n) is 4.43. The van der Waals surface area contributed by atoms with E-state index in [-0.39, 0.29) is 5.54 Å². The number of hydrogen-bond acceptors (Lipinski definition) is 3. The maximum atomic E-state index is 6.06. The minimum atomic E-state index is 0.117. The Morgan fingerprint density at radius 3 is 2.93 bits per heavy atom. The van der Waals surface area contributed by atoms with Gasteiger partial charge in [0.1, 0.15) is 5.52 Å². The molecule has 0 saturated heterocycles. The first kappa shape index (κ1) is 8.85. The summed E-state index contributed by atoms with van der Waals surface area (Å²) in [5.74, 6) is 0. The maximum absolute atomic E-state index is 6.06. The van der Waals surface area contributed by atoms with Crippen LogP contribution in [0.2, 0.25) is 0 Å². The number of H-pyrrole nitrogens is 1. The number of hydrogen-bond donors (Lipinski definition) is 2. The van der Waals surface area contributed by atoms with Gasteiger partial charge < -0.3 is 10.7 Å². The second-order valence-corrected chi connectivity index (χ2v) is 4.43. The Balaban J connectivity index is 1.84. The summed E-state index contributed by atoms with van der Waals surface area (Å²) >= 11 is 0. The van der Waals surface area contributed by atoms with Crippen LogP contribution >= 0.6 is 0 Å². The average molecular weight is 202 g/mol. The molecular weight excluding hydrogens is 188 g/mol. The number of fused-ring (bicyclic) bond motifs is 1. The lowest BCUT2D eigenvalue weighted by Gasteiger charge is -2.06. The lowest BCUT2D eigenvalue weighted by atomic mass is 10.1. The molecule has 0 unspecified atom stereocenters. The van der Waals surface area contributed by atoms with E-state index < -0.39 is 0 Å². The Bertz CT molecular complexity index is 484. The van der Waals surface area contributed by atoms with Crippen LogP contribution in [-0.2, 0) is 6.42 Å². The fraction of sp³-hybridized carbons (Fsp3) is 0.455. The van der Waals surface area contributed by atoms with Crippen molar-refractivity contribution >= 4 is 11.2 Å². The van der Waals surface area contributed by atoms with Crippen molar-refractivity contribution in [3.05, 3.63) is 24.2 Å². The van der Waals surface area contributed by atoms with Gasteiger partial charge in [0, 0.05) is 24.1 Å². The molecule has 78 valence electrons. The van der Waals surface area contributed by atoms with Gasteiger partial charge in [0.25, 0.3) is 0 Å². The number of nitrogens with one attached hydrogen (secondary N) is 1. The van der Waals surface area contributed by atoms with E-state index in [1.165, 1.54) is 18.4 Å². The highest BCUT2D eigenvalue weighted by atomic mass is 14.9. The van der Waals surface area contributed by atoms with E-state index in [0.29, 0.717) is 0 Å². The lowest BCUT2D eigenvalue weighted by molar-refractivity contribution is 0.610. The normalized spacial score (nSPS) is 18.2. The first-order valence-electron chi connectivity index (χ1n) is 5.33. The van der Waals surface area contributed by atoms with Gasteiger partial charge in [-0.2, -0.15) is 0 Å². The zero-order valence-electron chi connectivity index (χ0n) is 8.53. The molecule has 2 heterocycles. The number of nitrogens with zero attached hydrogens (tertiary/aromatic N) is 2. The minimum absolute atomic E-state index is 0.117. The summed E-state index contributed by atoms with van der Waals surface area (Å²) < 4.78 is 0. The second kappa shape index (κ2) is 3.03. The molecule has 4 heteroatoms. The molecule has 1 fully saturated rings. The van der Waals surface area contributed by atoms with Crippen molar-refractivity contribution in [2.75, 3.05) is 0 Å². The molecule has 4 nitrogen and oxygen atoms in total. The molecule has 1 saturated carbocycles. The third-order valence-corrected chi connectivity index (χ3v) is 3.17. The average Bonchev–Trinajstić information content (AvgIpc) is 2.86. The monoisotopic (exact) mass is 202 g/mol. The first-order valence-corrected chi connectivity index (χ1v) is 5.33. The zero-order valence-corrected chi connectivity index (χ0v) is 8.53. The summed E-state index contributed by atoms with van der Waals surface area (Å²) in [5.41, 5.74) is 9.27. The van der Waals surface area contributed by atoms with Gasteiger partial charge in [-0.15, -0.1) is 0 Å². The van der Waals surface area contributed by atoms with Gasteiger partial charge in [0.15, 0.2) is 5.65 Å². The van der Waals surface area contributed by atoms with E-state index in [1.54, 1.807) is 12.4 Å². The number of aromatic amines is 1. The van der Waals surface area contributed by atoms with E-state index in [0.717, 1.165) is 24.0 Å². The molecule has 0 aromatic carbocycles. The molecule has 1 aliphatic rings. The van der Waals surface area contributed by atoms with Crippen LogP contribution in [0.5, 0.6) is 0 Å². The highest BCUT2D eigenvalue weighted by molar-refractivity contribution is 5.74. The van der Waals surface area contributed by atoms with E-state index >= 15 is 0 Å². The summed E-state index contributed by atoms with van der Waals surface area (Å²) in [6.45, 7) is 0. The summed E-state index contributed by atoms with van der Waals surface area (Å²) in [5, 5.41) is 0. The Hall–Kier alpha value is -1.42. The summed E-state index contributed by atoms with van der Waals surface area (Å²) in [7, 11) is 0. The number of rotatable bonds is 3. The van der Waals surface area contributed by atoms with Crippen molar-refractivity contribution in [2.45, 2.75) is 31.2 Å². The van der Waals surface area contributed by atoms with Gasteiger partial charge in [-0.1, -0.05) is 0 Å². The maximum Gasteiger partial charge on any atom is 0.156 e. The Labute approximate surface area is 87.9 Å². The molecule has 0 radical (unpaired) electrons. The number of nitrogens with two attached hydrogens (primary N) is 1. The topological polar surface area (TPSA) is 67.6 Å². The highest BCUT2D eigenvalue weighted by Gasteiger charge is 2.37. The van der Waals surface area contributed by atoms with Crippen LogP contribution in [0, 0.1) is 0 Å². The predicted molar refractivity (Wildman–Crippen MR) is 58.4 cm³/mol. The summed E-state index contributed by atoms with van der Waals surface area (Å²) in [6, 6.07) is 0. The van der Waals surface area contributed by atoms with E-state index in [4.69, 9.17) is 5.73 Å². The molecule has 0 spiro atoms. The fourth-order valence-corrected chi connectivity index (χ4v) is 1.89. The molecule has 1 aliphatic carbocycles. The van der Waals surface area contributed by atoms with Gasteiger partial charge in [-0.3, -0.25) is 4.98 Å². The summed E-state index contributed by atoms with van der Waals surface area (Å²) in [4.78, 5) is 11.7. The van der Waals surface area contributed by atoms with Crippen LogP contribution in [0.4, 0.5) is 0 Å². The fourth-order valence-electron chi connectivity index (χ4n) is 1.89. The van der Waals surface area contributed by atoms with Crippen LogP contribution in [0.15, 0.2) is 18.6 Å². The Kier molecular flexibility index (Phi) is 1.79. The van der Waals surface area contributed by atoms with E-state index in [2.05, 4.69) is 15.0 Å². The predicted octanol–water partition coefficient (Wildman–Crippen LogP) is 1.38. The molecule has 0 atom stereocenters. The minimum Gasteiger partial charge on any atom is -0.345 e. The number of aryl methyl sites for hydroxylation is 1. The van der Waals surface area contributed by atoms with Gasteiger partial charge in [0.05, 0.1) is 0 Å². The third kappa shape index (κ3) is 1.61. The van der Waals surface area contributed by atoms with Gasteiger partial charge in [-0.05, 0) is 31.2 Å². The van der Waals surface area contributed by atoms with E-state index in [1.807, 2.05) is 6.20 Å². The smallest absolute Gasteiger partial charge is 0.156 e. The van der Waals surface area contributed by atoms with Crippen LogP contribution in [-0.4, -0.2) is 20.5 Å². The van der Waals surface area contributed by atoms with Crippen molar-refractivity contribution < 1.29 is 0 Å². The molecule has 15 heavy (non-hydrogen) atoms. The first-order chi connectivity index (χ1) is 7.27. The molecule has 0 bridgehead atoms. The van der Waals surface area contributed by atoms with Crippen molar-refractivity contribution in [2.24, 2.45) is 5.73 Å². The van der Waals surface area contributed by atoms with E-state index in [9.17, 15) is 0 Å². The SMILES string of the molecule is NC1(CCc2c[nH]c3nccnc23)CC1. The lowest BCUT2D eigenvalue weighted by Crippen LogP contribution is -2.22.